The lowest BCUT2D eigenvalue weighted by Crippen LogP contribution is -2.49. The highest BCUT2D eigenvalue weighted by Gasteiger charge is 2.28. The number of amides is 1. The molecule has 21 heavy (non-hydrogen) atoms. The molecule has 2 aliphatic rings. The molecule has 3 rings (SSSR count). The molecule has 1 saturated carbocycles. The fourth-order valence-corrected chi connectivity index (χ4v) is 3.28. The van der Waals surface area contributed by atoms with E-state index in [0.717, 1.165) is 50.2 Å². The lowest BCUT2D eigenvalue weighted by molar-refractivity contribution is 0.0631. The second-order valence-electron chi connectivity index (χ2n) is 5.88. The Balaban J connectivity index is 1.49. The van der Waals surface area contributed by atoms with E-state index in [1.807, 2.05) is 4.90 Å². The number of hydrogen-bond acceptors (Lipinski definition) is 6. The summed E-state index contributed by atoms with van der Waals surface area (Å²) in [7, 11) is 0. The molecule has 0 radical (unpaired) electrons. The first-order chi connectivity index (χ1) is 10.3. The molecule has 0 spiro atoms. The second-order valence-corrected chi connectivity index (χ2v) is 6.85. The van der Waals surface area contributed by atoms with Crippen molar-refractivity contribution < 1.29 is 4.79 Å². The quantitative estimate of drug-likeness (QED) is 0.863. The second kappa shape index (κ2) is 6.70. The van der Waals surface area contributed by atoms with Gasteiger partial charge < -0.3 is 10.2 Å². The Morgan fingerprint density at radius 2 is 2.05 bits per heavy atom. The molecule has 116 valence electrons. The molecule has 0 atom stereocenters. The third-order valence-corrected chi connectivity index (χ3v) is 4.88. The smallest absolute Gasteiger partial charge is 0.284 e. The minimum absolute atomic E-state index is 0.0307. The highest BCUT2D eigenvalue weighted by atomic mass is 32.1. The summed E-state index contributed by atoms with van der Waals surface area (Å²) in [6, 6.07) is 0. The van der Waals surface area contributed by atoms with Crippen LogP contribution in [0.4, 0.5) is 5.13 Å². The summed E-state index contributed by atoms with van der Waals surface area (Å²) < 4.78 is 0. The number of hydrogen-bond donors (Lipinski definition) is 1. The number of carbonyl (C=O) groups excluding carboxylic acids is 1. The van der Waals surface area contributed by atoms with Gasteiger partial charge in [-0.1, -0.05) is 18.3 Å². The molecule has 1 N–H and O–H groups in total. The minimum Gasteiger partial charge on any atom is -0.360 e. The summed E-state index contributed by atoms with van der Waals surface area (Å²) in [5, 5.41) is 12.5. The Kier molecular flexibility index (Phi) is 4.70. The average Bonchev–Trinajstić information content (AvgIpc) is 3.20. The molecule has 1 aliphatic carbocycles. The van der Waals surface area contributed by atoms with Crippen LogP contribution in [0.3, 0.4) is 0 Å². The number of rotatable bonds is 6. The fraction of sp³-hybridized carbons (Fsp3) is 0.786. The number of anilines is 1. The predicted octanol–water partition coefficient (Wildman–Crippen LogP) is 1.53. The van der Waals surface area contributed by atoms with Crippen LogP contribution >= 0.6 is 11.3 Å². The zero-order valence-corrected chi connectivity index (χ0v) is 13.4. The van der Waals surface area contributed by atoms with Crippen LogP contribution in [0.2, 0.25) is 0 Å². The van der Waals surface area contributed by atoms with Crippen molar-refractivity contribution >= 4 is 22.4 Å². The summed E-state index contributed by atoms with van der Waals surface area (Å²) in [5.41, 5.74) is 0. The molecule has 7 heteroatoms. The maximum atomic E-state index is 12.4. The van der Waals surface area contributed by atoms with Crippen LogP contribution in [-0.4, -0.2) is 65.2 Å². The topological polar surface area (TPSA) is 61.4 Å². The summed E-state index contributed by atoms with van der Waals surface area (Å²) in [4.78, 5) is 16.8. The van der Waals surface area contributed by atoms with E-state index in [2.05, 4.69) is 27.3 Å². The third kappa shape index (κ3) is 3.91. The van der Waals surface area contributed by atoms with Gasteiger partial charge in [0.1, 0.15) is 0 Å². The maximum absolute atomic E-state index is 12.4. The van der Waals surface area contributed by atoms with Crippen LogP contribution in [0.25, 0.3) is 0 Å². The van der Waals surface area contributed by atoms with E-state index in [0.29, 0.717) is 5.01 Å². The Morgan fingerprint density at radius 1 is 1.29 bits per heavy atom. The lowest BCUT2D eigenvalue weighted by atomic mass is 10.3. The van der Waals surface area contributed by atoms with Crippen molar-refractivity contribution in [2.75, 3.05) is 44.6 Å². The van der Waals surface area contributed by atoms with Crippen molar-refractivity contribution in [3.8, 4) is 0 Å². The van der Waals surface area contributed by atoms with E-state index in [1.165, 1.54) is 30.7 Å². The first-order valence-corrected chi connectivity index (χ1v) is 8.67. The van der Waals surface area contributed by atoms with Gasteiger partial charge in [0.25, 0.3) is 5.91 Å². The molecule has 0 aromatic carbocycles. The van der Waals surface area contributed by atoms with E-state index in [1.54, 1.807) is 0 Å². The van der Waals surface area contributed by atoms with Crippen LogP contribution in [0.15, 0.2) is 0 Å². The molecule has 1 amide bonds. The molecule has 1 aromatic heterocycles. The van der Waals surface area contributed by atoms with E-state index in [-0.39, 0.29) is 5.91 Å². The van der Waals surface area contributed by atoms with Gasteiger partial charge in [0.15, 0.2) is 0 Å². The number of carbonyl (C=O) groups is 1. The van der Waals surface area contributed by atoms with Crippen molar-refractivity contribution in [2.45, 2.75) is 26.2 Å². The zero-order valence-electron chi connectivity index (χ0n) is 12.5. The Morgan fingerprint density at radius 3 is 2.71 bits per heavy atom. The highest BCUT2D eigenvalue weighted by molar-refractivity contribution is 7.17. The van der Waals surface area contributed by atoms with Gasteiger partial charge in [-0.2, -0.15) is 0 Å². The summed E-state index contributed by atoms with van der Waals surface area (Å²) in [6.07, 6.45) is 3.81. The first-order valence-electron chi connectivity index (χ1n) is 7.85. The van der Waals surface area contributed by atoms with Gasteiger partial charge in [0, 0.05) is 39.3 Å². The van der Waals surface area contributed by atoms with Crippen molar-refractivity contribution in [1.82, 2.24) is 20.0 Å². The summed E-state index contributed by atoms with van der Waals surface area (Å²) in [5.74, 6) is 0.950. The van der Waals surface area contributed by atoms with Gasteiger partial charge in [-0.15, -0.1) is 10.2 Å². The van der Waals surface area contributed by atoms with E-state index < -0.39 is 0 Å². The first kappa shape index (κ1) is 14.7. The van der Waals surface area contributed by atoms with Crippen molar-refractivity contribution in [1.29, 1.82) is 0 Å². The van der Waals surface area contributed by atoms with Crippen molar-refractivity contribution in [3.05, 3.63) is 5.01 Å². The number of aromatic nitrogens is 2. The molecule has 1 aliphatic heterocycles. The average molecular weight is 309 g/mol. The van der Waals surface area contributed by atoms with E-state index >= 15 is 0 Å². The minimum atomic E-state index is 0.0307. The van der Waals surface area contributed by atoms with Gasteiger partial charge in [-0.05, 0) is 25.2 Å². The highest BCUT2D eigenvalue weighted by Crippen LogP contribution is 2.30. The summed E-state index contributed by atoms with van der Waals surface area (Å²) >= 11 is 1.36. The number of nitrogens with zero attached hydrogens (tertiary/aromatic N) is 4. The fourth-order valence-electron chi connectivity index (χ4n) is 2.55. The molecule has 1 aromatic rings. The third-order valence-electron chi connectivity index (χ3n) is 4.01. The lowest BCUT2D eigenvalue weighted by Gasteiger charge is -2.34. The van der Waals surface area contributed by atoms with Gasteiger partial charge in [0.05, 0.1) is 0 Å². The standard InChI is InChI=1S/C14H23N5OS/c1-2-5-15-14-17-16-12(21-14)13(20)19-8-6-18(7-9-19)10-11-3-4-11/h11H,2-10H2,1H3,(H,15,17). The van der Waals surface area contributed by atoms with Crippen molar-refractivity contribution in [3.63, 3.8) is 0 Å². The Hall–Kier alpha value is -1.21. The molecule has 6 nitrogen and oxygen atoms in total. The van der Waals surface area contributed by atoms with Crippen molar-refractivity contribution in [2.24, 2.45) is 5.92 Å². The predicted molar refractivity (Wildman–Crippen MR) is 83.8 cm³/mol. The molecule has 0 bridgehead atoms. The molecular formula is C14H23N5OS. The molecule has 2 fully saturated rings. The molecule has 2 heterocycles. The van der Waals surface area contributed by atoms with Gasteiger partial charge in [-0.3, -0.25) is 9.69 Å². The van der Waals surface area contributed by atoms with Crippen LogP contribution in [-0.2, 0) is 0 Å². The molecule has 0 unspecified atom stereocenters. The van der Waals surface area contributed by atoms with Crippen LogP contribution < -0.4 is 5.32 Å². The molecular weight excluding hydrogens is 286 g/mol. The van der Waals surface area contributed by atoms with Gasteiger partial charge >= 0.3 is 0 Å². The normalized spacial score (nSPS) is 19.8. The maximum Gasteiger partial charge on any atom is 0.284 e. The Bertz CT molecular complexity index is 479. The van der Waals surface area contributed by atoms with Gasteiger partial charge in [0.2, 0.25) is 10.1 Å². The summed E-state index contributed by atoms with van der Waals surface area (Å²) in [6.45, 7) is 7.77. The zero-order chi connectivity index (χ0) is 14.7. The van der Waals surface area contributed by atoms with E-state index in [4.69, 9.17) is 0 Å². The number of piperazine rings is 1. The van der Waals surface area contributed by atoms with Crippen LogP contribution in [0.5, 0.6) is 0 Å². The molecule has 1 saturated heterocycles. The van der Waals surface area contributed by atoms with Gasteiger partial charge in [-0.25, -0.2) is 0 Å². The van der Waals surface area contributed by atoms with E-state index in [9.17, 15) is 4.79 Å². The Labute approximate surface area is 129 Å². The SMILES string of the molecule is CCCNc1nnc(C(=O)N2CCN(CC3CC3)CC2)s1. The van der Waals surface area contributed by atoms with Crippen LogP contribution in [0.1, 0.15) is 36.0 Å². The monoisotopic (exact) mass is 309 g/mol. The number of nitrogens with one attached hydrogen (secondary N) is 1. The largest absolute Gasteiger partial charge is 0.360 e. The van der Waals surface area contributed by atoms with Crippen LogP contribution in [0, 0.1) is 5.92 Å².